The molecule has 0 radical (unpaired) electrons. The predicted octanol–water partition coefficient (Wildman–Crippen LogP) is 1.77. The number of nitrogens with one attached hydrogen (secondary N) is 2. The molecule has 8 heteroatoms. The van der Waals surface area contributed by atoms with E-state index in [1.165, 1.54) is 25.3 Å². The minimum absolute atomic E-state index is 0.0362. The number of hydrogen-bond acceptors (Lipinski definition) is 3. The first kappa shape index (κ1) is 20.6. The molecule has 0 fully saturated rings. The van der Waals surface area contributed by atoms with Gasteiger partial charge in [0.1, 0.15) is 12.4 Å². The van der Waals surface area contributed by atoms with Gasteiger partial charge in [0.15, 0.2) is 18.0 Å². The van der Waals surface area contributed by atoms with Crippen LogP contribution in [0.3, 0.4) is 0 Å². The molecule has 0 aromatic heterocycles. The summed E-state index contributed by atoms with van der Waals surface area (Å²) in [5.74, 6) is -0.302. The third kappa shape index (κ3) is 6.82. The van der Waals surface area contributed by atoms with Crippen molar-refractivity contribution in [2.24, 2.45) is 0 Å². The van der Waals surface area contributed by atoms with Crippen LogP contribution in [-0.4, -0.2) is 33.2 Å². The van der Waals surface area contributed by atoms with Crippen molar-refractivity contribution in [3.63, 3.8) is 0 Å². The van der Waals surface area contributed by atoms with Gasteiger partial charge in [-0.3, -0.25) is 4.79 Å². The molecule has 1 atom stereocenters. The van der Waals surface area contributed by atoms with E-state index < -0.39 is 6.61 Å². The Kier molecular flexibility index (Phi) is 7.48. The van der Waals surface area contributed by atoms with Crippen LogP contribution in [0.4, 0.5) is 13.2 Å². The number of hydrogen-bond donors (Lipinski definition) is 2. The predicted molar refractivity (Wildman–Crippen MR) is 93.3 cm³/mol. The van der Waals surface area contributed by atoms with Gasteiger partial charge in [-0.1, -0.05) is 12.1 Å². The number of carbonyl (C=O) groups is 1. The monoisotopic (exact) mass is 383 g/mol. The highest BCUT2D eigenvalue weighted by Gasteiger charge is 2.14. The molecule has 0 saturated heterocycles. The number of rotatable bonds is 9. The highest BCUT2D eigenvalue weighted by Crippen LogP contribution is 2.29. The highest BCUT2D eigenvalue weighted by atomic mass is 19.3. The summed E-state index contributed by atoms with van der Waals surface area (Å²) in [6.07, 6.45) is 0. The van der Waals surface area contributed by atoms with Crippen LogP contribution in [0.15, 0.2) is 42.5 Å². The minimum atomic E-state index is -2.93. The van der Waals surface area contributed by atoms with Crippen LogP contribution in [0.25, 0.3) is 0 Å². The van der Waals surface area contributed by atoms with Gasteiger partial charge < -0.3 is 19.7 Å². The van der Waals surface area contributed by atoms with Gasteiger partial charge in [-0.25, -0.2) is 4.39 Å². The zero-order chi connectivity index (χ0) is 19.8. The van der Waals surface area contributed by atoms with Gasteiger partial charge in [-0.05, 0) is 35.9 Å². The molecule has 5 nitrogen and oxygen atoms in total. The molecule has 2 aromatic carbocycles. The number of halogens is 3. The van der Waals surface area contributed by atoms with Gasteiger partial charge >= 0.3 is 6.61 Å². The molecular weight excluding hydrogens is 361 g/mol. The first-order chi connectivity index (χ1) is 12.9. The number of alkyl halides is 2. The number of ether oxygens (including phenoxy) is 2. The molecule has 0 spiro atoms. The Morgan fingerprint density at radius 1 is 1.11 bits per heavy atom. The second-order valence-corrected chi connectivity index (χ2v) is 6.08. The molecule has 0 aliphatic rings. The van der Waals surface area contributed by atoms with E-state index in [1.54, 1.807) is 24.3 Å². The maximum atomic E-state index is 12.9. The largest absolute Gasteiger partial charge is 0.493 e. The van der Waals surface area contributed by atoms with Crippen LogP contribution in [0.5, 0.6) is 11.5 Å². The average Bonchev–Trinajstić information content (AvgIpc) is 2.62. The van der Waals surface area contributed by atoms with Crippen LogP contribution in [-0.2, 0) is 17.9 Å². The number of methoxy groups -OCH3 is 1. The molecule has 1 amide bonds. The second kappa shape index (κ2) is 9.82. The summed E-state index contributed by atoms with van der Waals surface area (Å²) in [4.78, 5) is 12.9. The summed E-state index contributed by atoms with van der Waals surface area (Å²) >= 11 is 0. The maximum absolute atomic E-state index is 12.9. The number of quaternary nitrogens is 1. The first-order valence-corrected chi connectivity index (χ1v) is 8.31. The summed E-state index contributed by atoms with van der Waals surface area (Å²) in [5.41, 5.74) is 1.62. The lowest BCUT2D eigenvalue weighted by molar-refractivity contribution is -0.885. The Balaban J connectivity index is 1.86. The summed E-state index contributed by atoms with van der Waals surface area (Å²) in [7, 11) is 3.21. The van der Waals surface area contributed by atoms with E-state index in [2.05, 4.69) is 10.1 Å². The summed E-state index contributed by atoms with van der Waals surface area (Å²) in [6.45, 7) is -1.89. The fraction of sp³-hybridized carbons (Fsp3) is 0.316. The van der Waals surface area contributed by atoms with E-state index in [0.717, 1.165) is 16.0 Å². The van der Waals surface area contributed by atoms with Gasteiger partial charge in [-0.2, -0.15) is 8.78 Å². The Morgan fingerprint density at radius 3 is 2.41 bits per heavy atom. The molecule has 0 bridgehead atoms. The van der Waals surface area contributed by atoms with E-state index in [9.17, 15) is 18.0 Å². The van der Waals surface area contributed by atoms with Gasteiger partial charge in [0.25, 0.3) is 5.91 Å². The van der Waals surface area contributed by atoms with Crippen LogP contribution in [0.1, 0.15) is 11.1 Å². The number of benzene rings is 2. The van der Waals surface area contributed by atoms with Crippen LogP contribution in [0.2, 0.25) is 0 Å². The van der Waals surface area contributed by atoms with Crippen molar-refractivity contribution in [3.8, 4) is 11.5 Å². The minimum Gasteiger partial charge on any atom is -0.493 e. The molecule has 2 aromatic rings. The van der Waals surface area contributed by atoms with Crippen molar-refractivity contribution in [2.45, 2.75) is 19.7 Å². The average molecular weight is 383 g/mol. The van der Waals surface area contributed by atoms with Gasteiger partial charge in [0.05, 0.1) is 14.2 Å². The summed E-state index contributed by atoms with van der Waals surface area (Å²) in [6, 6.07) is 10.6. The van der Waals surface area contributed by atoms with Crippen LogP contribution < -0.4 is 19.7 Å². The normalized spacial score (nSPS) is 11.9. The molecule has 2 rings (SSSR count). The molecule has 146 valence electrons. The molecule has 0 heterocycles. The van der Waals surface area contributed by atoms with E-state index in [1.807, 2.05) is 7.05 Å². The number of likely N-dealkylation sites (N-methyl/N-ethyl adjacent to an activating group) is 1. The Labute approximate surface area is 155 Å². The second-order valence-electron chi connectivity index (χ2n) is 6.08. The summed E-state index contributed by atoms with van der Waals surface area (Å²) in [5, 5.41) is 2.78. The maximum Gasteiger partial charge on any atom is 0.387 e. The van der Waals surface area contributed by atoms with Gasteiger partial charge in [0, 0.05) is 12.1 Å². The fourth-order valence-electron chi connectivity index (χ4n) is 2.57. The molecule has 1 unspecified atom stereocenters. The van der Waals surface area contributed by atoms with Crippen molar-refractivity contribution in [1.82, 2.24) is 5.32 Å². The quantitative estimate of drug-likeness (QED) is 0.694. The van der Waals surface area contributed by atoms with E-state index in [-0.39, 0.29) is 29.8 Å². The zero-order valence-electron chi connectivity index (χ0n) is 15.1. The topological polar surface area (TPSA) is 52.0 Å². The Bertz CT molecular complexity index is 754. The molecular formula is C19H22F3N2O3+. The highest BCUT2D eigenvalue weighted by molar-refractivity contribution is 5.76. The lowest BCUT2D eigenvalue weighted by Crippen LogP contribution is -3.08. The van der Waals surface area contributed by atoms with Gasteiger partial charge in [0.2, 0.25) is 0 Å². The molecule has 0 saturated carbocycles. The van der Waals surface area contributed by atoms with Crippen molar-refractivity contribution < 1.29 is 32.3 Å². The molecule has 27 heavy (non-hydrogen) atoms. The van der Waals surface area contributed by atoms with Crippen molar-refractivity contribution in [1.29, 1.82) is 0 Å². The van der Waals surface area contributed by atoms with Crippen molar-refractivity contribution in [3.05, 3.63) is 59.4 Å². The van der Waals surface area contributed by atoms with E-state index >= 15 is 0 Å². The summed E-state index contributed by atoms with van der Waals surface area (Å²) < 4.78 is 47.0. The van der Waals surface area contributed by atoms with Crippen LogP contribution in [0, 0.1) is 5.82 Å². The third-order valence-electron chi connectivity index (χ3n) is 3.82. The SMILES string of the molecule is COc1cc(C[NH+](C)CC(=O)NCc2ccc(F)cc2)ccc1OC(F)F. The van der Waals surface area contributed by atoms with Gasteiger partial charge in [-0.15, -0.1) is 0 Å². The Morgan fingerprint density at radius 2 is 1.78 bits per heavy atom. The molecule has 0 aliphatic carbocycles. The molecule has 2 N–H and O–H groups in total. The fourth-order valence-corrected chi connectivity index (χ4v) is 2.57. The van der Waals surface area contributed by atoms with Crippen LogP contribution >= 0.6 is 0 Å². The zero-order valence-corrected chi connectivity index (χ0v) is 15.1. The smallest absolute Gasteiger partial charge is 0.387 e. The lowest BCUT2D eigenvalue weighted by atomic mass is 10.2. The molecule has 0 aliphatic heterocycles. The van der Waals surface area contributed by atoms with E-state index in [0.29, 0.717) is 13.1 Å². The lowest BCUT2D eigenvalue weighted by Gasteiger charge is -2.16. The van der Waals surface area contributed by atoms with E-state index in [4.69, 9.17) is 4.74 Å². The van der Waals surface area contributed by atoms with Crippen molar-refractivity contribution >= 4 is 5.91 Å². The number of carbonyl (C=O) groups excluding carboxylic acids is 1. The van der Waals surface area contributed by atoms with Crippen molar-refractivity contribution in [2.75, 3.05) is 20.7 Å². The Hall–Kier alpha value is -2.74. The first-order valence-electron chi connectivity index (χ1n) is 8.31. The standard InChI is InChI=1S/C19H21F3N2O3/c1-24(12-18(25)23-10-13-3-6-15(20)7-4-13)11-14-5-8-16(27-19(21)22)17(9-14)26-2/h3-9,19H,10-12H2,1-2H3,(H,23,25)/p+1. The number of amides is 1. The third-order valence-corrected chi connectivity index (χ3v) is 3.82.